The molecule has 7 heteroatoms. The van der Waals surface area contributed by atoms with Gasteiger partial charge in [-0.15, -0.1) is 0 Å². The first-order valence-electron chi connectivity index (χ1n) is 10.6. The summed E-state index contributed by atoms with van der Waals surface area (Å²) in [5.74, 6) is 0.512. The fourth-order valence-electron chi connectivity index (χ4n) is 4.01. The Hall–Kier alpha value is -1.44. The first kappa shape index (κ1) is 21.3. The van der Waals surface area contributed by atoms with Gasteiger partial charge in [-0.25, -0.2) is 8.42 Å². The highest BCUT2D eigenvalue weighted by molar-refractivity contribution is 7.89. The molecule has 1 N–H and O–H groups in total. The summed E-state index contributed by atoms with van der Waals surface area (Å²) in [6.07, 6.45) is 6.18. The molecule has 28 heavy (non-hydrogen) atoms. The number of piperidine rings is 2. The highest BCUT2D eigenvalue weighted by atomic mass is 32.2. The molecule has 156 valence electrons. The van der Waals surface area contributed by atoms with Gasteiger partial charge in [0.05, 0.1) is 10.5 Å². The summed E-state index contributed by atoms with van der Waals surface area (Å²) in [5, 5.41) is 2.91. The summed E-state index contributed by atoms with van der Waals surface area (Å²) >= 11 is 0. The van der Waals surface area contributed by atoms with Crippen LogP contribution in [0, 0.1) is 5.92 Å². The van der Waals surface area contributed by atoms with Gasteiger partial charge in [0.1, 0.15) is 0 Å². The van der Waals surface area contributed by atoms with Crippen molar-refractivity contribution < 1.29 is 13.2 Å². The minimum Gasteiger partial charge on any atom is -0.352 e. The number of amides is 1. The number of benzene rings is 1. The Bertz CT molecular complexity index is 752. The molecule has 2 fully saturated rings. The zero-order valence-electron chi connectivity index (χ0n) is 16.9. The highest BCUT2D eigenvalue weighted by Gasteiger charge is 2.29. The van der Waals surface area contributed by atoms with Crippen molar-refractivity contribution in [3.8, 4) is 0 Å². The Morgan fingerprint density at radius 1 is 1.07 bits per heavy atom. The van der Waals surface area contributed by atoms with Gasteiger partial charge in [0.25, 0.3) is 5.91 Å². The maximum atomic E-state index is 13.0. The quantitative estimate of drug-likeness (QED) is 0.706. The Labute approximate surface area is 169 Å². The lowest BCUT2D eigenvalue weighted by atomic mass is 9.99. The SMILES string of the molecule is CC1CCN(CCCNC(=O)c2ccccc2S(=O)(=O)N2CCCCC2)CC1. The van der Waals surface area contributed by atoms with Crippen LogP contribution in [0.4, 0.5) is 0 Å². The first-order chi connectivity index (χ1) is 13.5. The Balaban J connectivity index is 1.56. The largest absolute Gasteiger partial charge is 0.352 e. The van der Waals surface area contributed by atoms with Crippen molar-refractivity contribution in [3.63, 3.8) is 0 Å². The molecule has 0 spiro atoms. The second-order valence-electron chi connectivity index (χ2n) is 8.09. The lowest BCUT2D eigenvalue weighted by Crippen LogP contribution is -2.37. The van der Waals surface area contributed by atoms with Gasteiger partial charge in [-0.3, -0.25) is 4.79 Å². The van der Waals surface area contributed by atoms with Crippen molar-refractivity contribution in [2.75, 3.05) is 39.3 Å². The van der Waals surface area contributed by atoms with Crippen LogP contribution in [0.25, 0.3) is 0 Å². The summed E-state index contributed by atoms with van der Waals surface area (Å²) in [6, 6.07) is 6.57. The van der Waals surface area contributed by atoms with E-state index in [4.69, 9.17) is 0 Å². The van der Waals surface area contributed by atoms with E-state index < -0.39 is 10.0 Å². The Kier molecular flexibility index (Phi) is 7.48. The molecular weight excluding hydrogens is 374 g/mol. The number of hydrogen-bond donors (Lipinski definition) is 1. The van der Waals surface area contributed by atoms with Crippen molar-refractivity contribution in [1.82, 2.24) is 14.5 Å². The van der Waals surface area contributed by atoms with Crippen LogP contribution in [0.1, 0.15) is 55.8 Å². The van der Waals surface area contributed by atoms with Crippen LogP contribution in [0.2, 0.25) is 0 Å². The highest BCUT2D eigenvalue weighted by Crippen LogP contribution is 2.23. The second kappa shape index (κ2) is 9.85. The van der Waals surface area contributed by atoms with E-state index in [0.717, 1.165) is 51.2 Å². The predicted molar refractivity (Wildman–Crippen MR) is 111 cm³/mol. The standard InChI is InChI=1S/C21H33N3O3S/c1-18-10-16-23(17-11-18)13-7-12-22-21(25)19-8-3-4-9-20(19)28(26,27)24-14-5-2-6-15-24/h3-4,8-9,18H,2,5-7,10-17H2,1H3,(H,22,25). The third-order valence-corrected chi connectivity index (χ3v) is 7.83. The van der Waals surface area contributed by atoms with Gasteiger partial charge in [0.2, 0.25) is 10.0 Å². The predicted octanol–water partition coefficient (Wildman–Crippen LogP) is 2.71. The first-order valence-corrected chi connectivity index (χ1v) is 12.0. The van der Waals surface area contributed by atoms with Crippen molar-refractivity contribution in [3.05, 3.63) is 29.8 Å². The number of likely N-dealkylation sites (tertiary alicyclic amines) is 1. The maximum absolute atomic E-state index is 13.0. The van der Waals surface area contributed by atoms with E-state index in [9.17, 15) is 13.2 Å². The topological polar surface area (TPSA) is 69.7 Å². The van der Waals surface area contributed by atoms with Crippen molar-refractivity contribution in [2.45, 2.75) is 50.3 Å². The molecule has 2 aliphatic rings. The Morgan fingerprint density at radius 3 is 2.46 bits per heavy atom. The summed E-state index contributed by atoms with van der Waals surface area (Å²) in [5.41, 5.74) is 0.250. The molecule has 1 aromatic carbocycles. The molecule has 0 radical (unpaired) electrons. The number of carbonyl (C=O) groups is 1. The summed E-state index contributed by atoms with van der Waals surface area (Å²) in [7, 11) is -3.63. The molecule has 0 bridgehead atoms. The summed E-state index contributed by atoms with van der Waals surface area (Å²) in [4.78, 5) is 15.3. The van der Waals surface area contributed by atoms with Gasteiger partial charge >= 0.3 is 0 Å². The van der Waals surface area contributed by atoms with Gasteiger partial charge in [-0.1, -0.05) is 25.5 Å². The van der Waals surface area contributed by atoms with Crippen LogP contribution in [0.5, 0.6) is 0 Å². The zero-order valence-corrected chi connectivity index (χ0v) is 17.7. The van der Waals surface area contributed by atoms with Crippen LogP contribution in [0.3, 0.4) is 0 Å². The minimum absolute atomic E-state index is 0.124. The molecule has 0 unspecified atom stereocenters. The molecule has 2 heterocycles. The lowest BCUT2D eigenvalue weighted by molar-refractivity contribution is 0.0947. The second-order valence-corrected chi connectivity index (χ2v) is 10.0. The summed E-state index contributed by atoms with van der Waals surface area (Å²) in [6.45, 7) is 7.16. The lowest BCUT2D eigenvalue weighted by Gasteiger charge is -2.30. The zero-order chi connectivity index (χ0) is 20.0. The van der Waals surface area contributed by atoms with Crippen LogP contribution in [-0.2, 0) is 10.0 Å². The molecule has 1 aromatic rings. The van der Waals surface area contributed by atoms with Gasteiger partial charge in [-0.05, 0) is 69.8 Å². The van der Waals surface area contributed by atoms with Crippen molar-refractivity contribution in [1.29, 1.82) is 0 Å². The molecule has 1 amide bonds. The number of nitrogens with one attached hydrogen (secondary N) is 1. The van der Waals surface area contributed by atoms with Gasteiger partial charge in [-0.2, -0.15) is 4.31 Å². The molecule has 2 aliphatic heterocycles. The molecule has 0 aliphatic carbocycles. The van der Waals surface area contributed by atoms with Gasteiger partial charge < -0.3 is 10.2 Å². The fraction of sp³-hybridized carbons (Fsp3) is 0.667. The molecular formula is C21H33N3O3S. The van der Waals surface area contributed by atoms with E-state index in [1.165, 1.54) is 17.1 Å². The van der Waals surface area contributed by atoms with E-state index in [0.29, 0.717) is 19.6 Å². The van der Waals surface area contributed by atoms with E-state index in [1.54, 1.807) is 24.3 Å². The van der Waals surface area contributed by atoms with Crippen molar-refractivity contribution >= 4 is 15.9 Å². The van der Waals surface area contributed by atoms with Crippen LogP contribution in [0.15, 0.2) is 29.2 Å². The third-order valence-electron chi connectivity index (χ3n) is 5.88. The third kappa shape index (κ3) is 5.33. The van der Waals surface area contributed by atoms with E-state index in [1.807, 2.05) is 0 Å². The van der Waals surface area contributed by atoms with E-state index >= 15 is 0 Å². The van der Waals surface area contributed by atoms with Crippen LogP contribution in [-0.4, -0.2) is 62.8 Å². The number of sulfonamides is 1. The molecule has 6 nitrogen and oxygen atoms in total. The molecule has 0 saturated carbocycles. The average Bonchev–Trinajstić information content (AvgIpc) is 2.73. The number of rotatable bonds is 7. The van der Waals surface area contributed by atoms with E-state index in [-0.39, 0.29) is 16.4 Å². The maximum Gasteiger partial charge on any atom is 0.252 e. The number of carbonyl (C=O) groups excluding carboxylic acids is 1. The summed E-state index contributed by atoms with van der Waals surface area (Å²) < 4.78 is 27.5. The van der Waals surface area contributed by atoms with E-state index in [2.05, 4.69) is 17.1 Å². The average molecular weight is 408 g/mol. The fourth-order valence-corrected chi connectivity index (χ4v) is 5.72. The Morgan fingerprint density at radius 2 is 1.75 bits per heavy atom. The smallest absolute Gasteiger partial charge is 0.252 e. The van der Waals surface area contributed by atoms with Crippen LogP contribution < -0.4 is 5.32 Å². The van der Waals surface area contributed by atoms with Crippen molar-refractivity contribution in [2.24, 2.45) is 5.92 Å². The van der Waals surface area contributed by atoms with Crippen LogP contribution >= 0.6 is 0 Å². The minimum atomic E-state index is -3.63. The van der Waals surface area contributed by atoms with Gasteiger partial charge in [0.15, 0.2) is 0 Å². The molecule has 0 aromatic heterocycles. The number of nitrogens with zero attached hydrogens (tertiary/aromatic N) is 2. The monoisotopic (exact) mass is 407 g/mol. The molecule has 3 rings (SSSR count). The number of hydrogen-bond acceptors (Lipinski definition) is 4. The molecule has 0 atom stereocenters. The van der Waals surface area contributed by atoms with Gasteiger partial charge in [0, 0.05) is 19.6 Å². The molecule has 2 saturated heterocycles. The normalized spacial score (nSPS) is 20.2.